The number of nitrogens with zero attached hydrogens (tertiary/aromatic N) is 4. The maximum absolute atomic E-state index is 13.5. The van der Waals surface area contributed by atoms with E-state index in [1.807, 2.05) is 24.3 Å². The summed E-state index contributed by atoms with van der Waals surface area (Å²) in [5.74, 6) is 0.864. The van der Waals surface area contributed by atoms with E-state index >= 15 is 0 Å². The molecule has 0 radical (unpaired) electrons. The van der Waals surface area contributed by atoms with Crippen molar-refractivity contribution in [1.29, 1.82) is 0 Å². The highest BCUT2D eigenvalue weighted by molar-refractivity contribution is 6.42. The number of aromatic nitrogens is 3. The van der Waals surface area contributed by atoms with Gasteiger partial charge in [0.05, 0.1) is 35.8 Å². The summed E-state index contributed by atoms with van der Waals surface area (Å²) in [7, 11) is 0. The van der Waals surface area contributed by atoms with Gasteiger partial charge in [0.1, 0.15) is 5.75 Å². The van der Waals surface area contributed by atoms with Crippen LogP contribution >= 0.6 is 23.2 Å². The normalized spacial score (nSPS) is 13.5. The fourth-order valence-corrected chi connectivity index (χ4v) is 4.49. The number of nitrogens with two attached hydrogens (primary N) is 2. The molecule has 0 bridgehead atoms. The van der Waals surface area contributed by atoms with Crippen LogP contribution in [-0.4, -0.2) is 39.3 Å². The zero-order valence-corrected chi connectivity index (χ0v) is 21.7. The molecule has 10 nitrogen and oxygen atoms in total. The minimum absolute atomic E-state index is 0.00992. The Balaban J connectivity index is 1.62. The molecule has 196 valence electrons. The molecule has 1 aliphatic carbocycles. The lowest BCUT2D eigenvalue weighted by molar-refractivity contribution is 0.210. The maximum atomic E-state index is 13.5. The number of anilines is 1. The molecule has 1 aliphatic rings. The highest BCUT2D eigenvalue weighted by Gasteiger charge is 2.17. The lowest BCUT2D eigenvalue weighted by Crippen LogP contribution is -2.43. The van der Waals surface area contributed by atoms with E-state index < -0.39 is 11.4 Å². The first-order valence-electron chi connectivity index (χ1n) is 12.0. The average Bonchev–Trinajstić information content (AvgIpc) is 3.38. The van der Waals surface area contributed by atoms with Crippen LogP contribution in [0.3, 0.4) is 0 Å². The third kappa shape index (κ3) is 7.05. The van der Waals surface area contributed by atoms with Crippen LogP contribution in [0.5, 0.6) is 5.75 Å². The quantitative estimate of drug-likeness (QED) is 0.202. The summed E-state index contributed by atoms with van der Waals surface area (Å²) in [6, 6.07) is 12.5. The topological polar surface area (TPSA) is 143 Å². The van der Waals surface area contributed by atoms with E-state index in [9.17, 15) is 9.59 Å². The molecule has 5 N–H and O–H groups in total. The van der Waals surface area contributed by atoms with Gasteiger partial charge in [0, 0.05) is 6.54 Å². The van der Waals surface area contributed by atoms with Gasteiger partial charge in [-0.1, -0.05) is 41.4 Å². The smallest absolute Gasteiger partial charge is 0.355 e. The largest absolute Gasteiger partial charge is 0.490 e. The average molecular weight is 546 g/mol. The standard InChI is InChI=1S/C25H29Cl2N7O3/c26-20-10-7-17(13-21(20)27)15-34-24(35)32-23(31-12-11-30-22(28)29)33(25(34)36)14-16-5-8-19(9-6-16)37-18-3-1-2-4-18/h5-10,13,18H,1-4,11-12,14-15H2,(H4,28,29,30)(H,31,32,35). The van der Waals surface area contributed by atoms with Crippen LogP contribution in [0.4, 0.5) is 5.95 Å². The van der Waals surface area contributed by atoms with Crippen LogP contribution in [0.2, 0.25) is 10.0 Å². The molecule has 4 rings (SSSR count). The number of aliphatic imine (C=N–C) groups is 1. The van der Waals surface area contributed by atoms with Crippen LogP contribution < -0.4 is 32.9 Å². The first-order valence-corrected chi connectivity index (χ1v) is 12.8. The molecular weight excluding hydrogens is 517 g/mol. The first-order chi connectivity index (χ1) is 17.8. The molecule has 3 aromatic rings. The first kappa shape index (κ1) is 26.6. The van der Waals surface area contributed by atoms with E-state index in [0.717, 1.165) is 28.7 Å². The number of hydrogen-bond acceptors (Lipinski definition) is 6. The molecule has 0 spiro atoms. The molecule has 0 atom stereocenters. The zero-order chi connectivity index (χ0) is 26.4. The van der Waals surface area contributed by atoms with Gasteiger partial charge in [-0.25, -0.2) is 14.2 Å². The zero-order valence-electron chi connectivity index (χ0n) is 20.2. The second kappa shape index (κ2) is 12.2. The van der Waals surface area contributed by atoms with Gasteiger partial charge >= 0.3 is 11.4 Å². The Morgan fingerprint density at radius 2 is 1.68 bits per heavy atom. The van der Waals surface area contributed by atoms with Crippen LogP contribution in [0, 0.1) is 0 Å². The van der Waals surface area contributed by atoms with Crippen molar-refractivity contribution in [2.24, 2.45) is 16.5 Å². The summed E-state index contributed by atoms with van der Waals surface area (Å²) in [4.78, 5) is 34.4. The van der Waals surface area contributed by atoms with Gasteiger partial charge in [-0.3, -0.25) is 9.56 Å². The third-order valence-electron chi connectivity index (χ3n) is 6.03. The SMILES string of the molecule is NC(N)=NCCNc1nc(=O)n(Cc2ccc(Cl)c(Cl)c2)c(=O)n1Cc1ccc(OC2CCCC2)cc1. The van der Waals surface area contributed by atoms with Gasteiger partial charge in [-0.15, -0.1) is 0 Å². The Hall–Kier alpha value is -3.50. The Labute approximate surface area is 223 Å². The highest BCUT2D eigenvalue weighted by atomic mass is 35.5. The number of rotatable bonds is 10. The highest BCUT2D eigenvalue weighted by Crippen LogP contribution is 2.25. The summed E-state index contributed by atoms with van der Waals surface area (Å²) < 4.78 is 8.50. The van der Waals surface area contributed by atoms with Crippen LogP contribution in [0.15, 0.2) is 57.0 Å². The molecule has 0 amide bonds. The van der Waals surface area contributed by atoms with Crippen molar-refractivity contribution >= 4 is 35.1 Å². The van der Waals surface area contributed by atoms with Crippen molar-refractivity contribution in [2.45, 2.75) is 44.9 Å². The molecule has 1 aromatic heterocycles. The summed E-state index contributed by atoms with van der Waals surface area (Å²) in [5.41, 5.74) is 11.0. The number of hydrogen-bond donors (Lipinski definition) is 3. The van der Waals surface area contributed by atoms with Crippen molar-refractivity contribution in [3.8, 4) is 5.75 Å². The maximum Gasteiger partial charge on any atom is 0.355 e. The lowest BCUT2D eigenvalue weighted by Gasteiger charge is -2.16. The van der Waals surface area contributed by atoms with E-state index in [0.29, 0.717) is 15.6 Å². The van der Waals surface area contributed by atoms with Crippen molar-refractivity contribution in [1.82, 2.24) is 14.1 Å². The van der Waals surface area contributed by atoms with Crippen LogP contribution in [-0.2, 0) is 13.1 Å². The third-order valence-corrected chi connectivity index (χ3v) is 6.77. The van der Waals surface area contributed by atoms with E-state index in [1.54, 1.807) is 18.2 Å². The van der Waals surface area contributed by atoms with Crippen molar-refractivity contribution in [2.75, 3.05) is 18.4 Å². The molecule has 1 saturated carbocycles. The second-order valence-corrected chi connectivity index (χ2v) is 9.64. The van der Waals surface area contributed by atoms with Crippen molar-refractivity contribution < 1.29 is 4.74 Å². The molecule has 0 unspecified atom stereocenters. The molecule has 0 saturated heterocycles. The van der Waals surface area contributed by atoms with Crippen molar-refractivity contribution in [3.63, 3.8) is 0 Å². The summed E-state index contributed by atoms with van der Waals surface area (Å²) in [5, 5.41) is 3.71. The van der Waals surface area contributed by atoms with Crippen LogP contribution in [0.25, 0.3) is 0 Å². The molecule has 1 heterocycles. The fourth-order valence-electron chi connectivity index (χ4n) is 4.17. The van der Waals surface area contributed by atoms with Gasteiger partial charge in [-0.2, -0.15) is 4.98 Å². The monoisotopic (exact) mass is 545 g/mol. The second-order valence-electron chi connectivity index (χ2n) is 8.82. The lowest BCUT2D eigenvalue weighted by atomic mass is 10.2. The predicted octanol–water partition coefficient (Wildman–Crippen LogP) is 2.82. The predicted molar refractivity (Wildman–Crippen MR) is 146 cm³/mol. The Kier molecular flexibility index (Phi) is 8.73. The van der Waals surface area contributed by atoms with E-state index in [4.69, 9.17) is 39.4 Å². The minimum Gasteiger partial charge on any atom is -0.490 e. The van der Waals surface area contributed by atoms with E-state index in [1.165, 1.54) is 17.4 Å². The Morgan fingerprint density at radius 1 is 1.00 bits per heavy atom. The van der Waals surface area contributed by atoms with Gasteiger partial charge in [-0.05, 0) is 61.1 Å². The number of benzene rings is 2. The van der Waals surface area contributed by atoms with Crippen LogP contribution in [0.1, 0.15) is 36.8 Å². The Bertz CT molecular complexity index is 1380. The van der Waals surface area contributed by atoms with E-state index in [-0.39, 0.29) is 44.2 Å². The summed E-state index contributed by atoms with van der Waals surface area (Å²) in [6.45, 7) is 0.693. The summed E-state index contributed by atoms with van der Waals surface area (Å²) in [6.07, 6.45) is 4.77. The van der Waals surface area contributed by atoms with Gasteiger partial charge in [0.2, 0.25) is 5.95 Å². The number of nitrogens with one attached hydrogen (secondary N) is 1. The van der Waals surface area contributed by atoms with Gasteiger partial charge in [0.25, 0.3) is 0 Å². The van der Waals surface area contributed by atoms with Gasteiger partial charge in [0.15, 0.2) is 5.96 Å². The van der Waals surface area contributed by atoms with E-state index in [2.05, 4.69) is 15.3 Å². The summed E-state index contributed by atoms with van der Waals surface area (Å²) >= 11 is 12.1. The molecular formula is C25H29Cl2N7O3. The van der Waals surface area contributed by atoms with Crippen molar-refractivity contribution in [3.05, 3.63) is 84.6 Å². The molecule has 1 fully saturated rings. The molecule has 0 aliphatic heterocycles. The molecule has 12 heteroatoms. The number of halogens is 2. The number of ether oxygens (including phenoxy) is 1. The fraction of sp³-hybridized carbons (Fsp3) is 0.360. The Morgan fingerprint density at radius 3 is 2.35 bits per heavy atom. The minimum atomic E-state index is -0.697. The number of guanidine groups is 1. The molecule has 37 heavy (non-hydrogen) atoms. The molecule has 2 aromatic carbocycles. The van der Waals surface area contributed by atoms with Gasteiger partial charge < -0.3 is 21.5 Å².